The number of carbonyl (C=O) groups is 3. The number of amides is 3. The predicted molar refractivity (Wildman–Crippen MR) is 169 cm³/mol. The SMILES string of the molecule is CN[C@@H](C)C(=O)N[C@H]1CN(C(=O)c2ccccc2N)c2ccccc2N(Cc2c(OC)ccc3cc(Br)ccc23)C1=O. The van der Waals surface area contributed by atoms with Gasteiger partial charge in [0.15, 0.2) is 0 Å². The van der Waals surface area contributed by atoms with E-state index in [1.54, 1.807) is 62.4 Å². The Hall–Kier alpha value is -4.41. The molecule has 2 atom stereocenters. The monoisotopic (exact) mass is 629 g/mol. The van der Waals surface area contributed by atoms with E-state index in [1.807, 2.05) is 42.5 Å². The van der Waals surface area contributed by atoms with Crippen molar-refractivity contribution < 1.29 is 19.1 Å². The number of carbonyl (C=O) groups excluding carboxylic acids is 3. The Bertz CT molecular complexity index is 1680. The molecule has 0 aromatic heterocycles. The van der Waals surface area contributed by atoms with E-state index in [0.717, 1.165) is 20.8 Å². The number of methoxy groups -OCH3 is 1. The van der Waals surface area contributed by atoms with Crippen molar-refractivity contribution in [2.75, 3.05) is 36.2 Å². The number of ether oxygens (including phenoxy) is 1. The summed E-state index contributed by atoms with van der Waals surface area (Å²) < 4.78 is 6.67. The Morgan fingerprint density at radius 3 is 2.48 bits per heavy atom. The normalized spacial score (nSPS) is 15.6. The Balaban J connectivity index is 1.67. The molecule has 0 saturated carbocycles. The Labute approximate surface area is 252 Å². The molecular formula is C32H32BrN5O4. The van der Waals surface area contributed by atoms with Crippen LogP contribution >= 0.6 is 15.9 Å². The maximum absolute atomic E-state index is 14.4. The average molecular weight is 631 g/mol. The largest absolute Gasteiger partial charge is 0.496 e. The molecule has 0 spiro atoms. The number of rotatable bonds is 7. The third-order valence-corrected chi connectivity index (χ3v) is 8.05. The fourth-order valence-electron chi connectivity index (χ4n) is 5.17. The molecule has 0 bridgehead atoms. The highest BCUT2D eigenvalue weighted by Gasteiger charge is 2.38. The maximum Gasteiger partial charge on any atom is 0.260 e. The van der Waals surface area contributed by atoms with Crippen LogP contribution in [0.2, 0.25) is 0 Å². The molecule has 10 heteroatoms. The van der Waals surface area contributed by atoms with Gasteiger partial charge in [0.25, 0.3) is 11.8 Å². The lowest BCUT2D eigenvalue weighted by Gasteiger charge is -2.27. The zero-order valence-corrected chi connectivity index (χ0v) is 25.1. The highest BCUT2D eigenvalue weighted by atomic mass is 79.9. The molecule has 1 aliphatic heterocycles. The summed E-state index contributed by atoms with van der Waals surface area (Å²) >= 11 is 3.54. The summed E-state index contributed by atoms with van der Waals surface area (Å²) in [4.78, 5) is 44.6. The van der Waals surface area contributed by atoms with Crippen LogP contribution in [0.15, 0.2) is 83.3 Å². The molecule has 0 radical (unpaired) electrons. The van der Waals surface area contributed by atoms with Gasteiger partial charge in [-0.05, 0) is 67.2 Å². The minimum Gasteiger partial charge on any atom is -0.496 e. The zero-order chi connectivity index (χ0) is 30.0. The molecule has 5 rings (SSSR count). The molecule has 0 saturated heterocycles. The number of anilines is 3. The van der Waals surface area contributed by atoms with Crippen LogP contribution in [0.1, 0.15) is 22.8 Å². The van der Waals surface area contributed by atoms with Crippen LogP contribution in [0.3, 0.4) is 0 Å². The molecule has 4 N–H and O–H groups in total. The number of para-hydroxylation sites is 3. The van der Waals surface area contributed by atoms with Crippen molar-refractivity contribution in [3.8, 4) is 5.75 Å². The van der Waals surface area contributed by atoms with Crippen molar-refractivity contribution >= 4 is 61.5 Å². The van der Waals surface area contributed by atoms with Crippen LogP contribution in [0, 0.1) is 0 Å². The number of hydrogen-bond acceptors (Lipinski definition) is 6. The summed E-state index contributed by atoms with van der Waals surface area (Å²) in [7, 11) is 3.26. The molecule has 4 aromatic carbocycles. The van der Waals surface area contributed by atoms with Gasteiger partial charge >= 0.3 is 0 Å². The second-order valence-corrected chi connectivity index (χ2v) is 11.0. The first-order valence-corrected chi connectivity index (χ1v) is 14.3. The summed E-state index contributed by atoms with van der Waals surface area (Å²) in [5, 5.41) is 7.67. The third kappa shape index (κ3) is 5.55. The minimum atomic E-state index is -1.04. The fourth-order valence-corrected chi connectivity index (χ4v) is 5.55. The summed E-state index contributed by atoms with van der Waals surface area (Å²) in [6.45, 7) is 1.76. The van der Waals surface area contributed by atoms with Crippen molar-refractivity contribution in [1.82, 2.24) is 10.6 Å². The number of nitrogen functional groups attached to an aromatic ring is 1. The van der Waals surface area contributed by atoms with Gasteiger partial charge in [0.1, 0.15) is 11.8 Å². The summed E-state index contributed by atoms with van der Waals surface area (Å²) in [5.74, 6) is -0.468. The molecule has 4 aromatic rings. The first kappa shape index (κ1) is 29.1. The lowest BCUT2D eigenvalue weighted by molar-refractivity contribution is -0.128. The maximum atomic E-state index is 14.4. The molecule has 216 valence electrons. The Kier molecular flexibility index (Phi) is 8.46. The smallest absolute Gasteiger partial charge is 0.260 e. The van der Waals surface area contributed by atoms with Gasteiger partial charge in [0, 0.05) is 15.7 Å². The highest BCUT2D eigenvalue weighted by molar-refractivity contribution is 9.10. The number of benzene rings is 4. The minimum absolute atomic E-state index is 0.0820. The van der Waals surface area contributed by atoms with Crippen LogP contribution in [0.5, 0.6) is 5.75 Å². The van der Waals surface area contributed by atoms with E-state index in [9.17, 15) is 14.4 Å². The molecule has 0 unspecified atom stereocenters. The van der Waals surface area contributed by atoms with Gasteiger partial charge < -0.3 is 30.9 Å². The van der Waals surface area contributed by atoms with Gasteiger partial charge in [-0.15, -0.1) is 0 Å². The molecule has 3 amide bonds. The highest BCUT2D eigenvalue weighted by Crippen LogP contribution is 2.38. The van der Waals surface area contributed by atoms with E-state index in [4.69, 9.17) is 10.5 Å². The summed E-state index contributed by atoms with van der Waals surface area (Å²) in [6, 6.07) is 22.2. The van der Waals surface area contributed by atoms with Crippen molar-refractivity contribution in [1.29, 1.82) is 0 Å². The van der Waals surface area contributed by atoms with Crippen molar-refractivity contribution in [2.45, 2.75) is 25.6 Å². The molecule has 0 aliphatic carbocycles. The lowest BCUT2D eigenvalue weighted by atomic mass is 10.0. The van der Waals surface area contributed by atoms with Crippen LogP contribution in [-0.4, -0.2) is 50.5 Å². The third-order valence-electron chi connectivity index (χ3n) is 7.56. The topological polar surface area (TPSA) is 117 Å². The summed E-state index contributed by atoms with van der Waals surface area (Å²) in [5.41, 5.74) is 8.68. The van der Waals surface area contributed by atoms with Crippen molar-refractivity contribution in [3.05, 3.63) is 94.5 Å². The quantitative estimate of drug-likeness (QED) is 0.260. The molecule has 0 fully saturated rings. The predicted octanol–water partition coefficient (Wildman–Crippen LogP) is 4.48. The van der Waals surface area contributed by atoms with Crippen LogP contribution in [0.25, 0.3) is 10.8 Å². The van der Waals surface area contributed by atoms with E-state index in [2.05, 4.69) is 26.6 Å². The number of nitrogens with one attached hydrogen (secondary N) is 2. The van der Waals surface area contributed by atoms with E-state index in [1.165, 1.54) is 4.90 Å². The van der Waals surface area contributed by atoms with E-state index < -0.39 is 12.1 Å². The lowest BCUT2D eigenvalue weighted by Crippen LogP contribution is -2.55. The van der Waals surface area contributed by atoms with E-state index >= 15 is 0 Å². The van der Waals surface area contributed by atoms with Gasteiger partial charge in [-0.3, -0.25) is 14.4 Å². The summed E-state index contributed by atoms with van der Waals surface area (Å²) in [6.07, 6.45) is 0. The van der Waals surface area contributed by atoms with Crippen molar-refractivity contribution in [3.63, 3.8) is 0 Å². The second kappa shape index (κ2) is 12.2. The van der Waals surface area contributed by atoms with Gasteiger partial charge in [0.2, 0.25) is 5.91 Å². The van der Waals surface area contributed by atoms with Gasteiger partial charge in [-0.1, -0.05) is 52.3 Å². The number of nitrogens with zero attached hydrogens (tertiary/aromatic N) is 2. The first-order valence-electron chi connectivity index (χ1n) is 13.5. The van der Waals surface area contributed by atoms with E-state index in [-0.39, 0.29) is 30.8 Å². The average Bonchev–Trinajstić information content (AvgIpc) is 3.11. The molecule has 1 heterocycles. The molecular weight excluding hydrogens is 598 g/mol. The molecule has 9 nitrogen and oxygen atoms in total. The van der Waals surface area contributed by atoms with Crippen LogP contribution in [0.4, 0.5) is 17.1 Å². The Morgan fingerprint density at radius 2 is 1.76 bits per heavy atom. The number of fused-ring (bicyclic) bond motifs is 2. The number of halogens is 1. The van der Waals surface area contributed by atoms with Gasteiger partial charge in [-0.2, -0.15) is 0 Å². The fraction of sp³-hybridized carbons (Fsp3) is 0.219. The van der Waals surface area contributed by atoms with Gasteiger partial charge in [-0.25, -0.2) is 0 Å². The molecule has 1 aliphatic rings. The first-order chi connectivity index (χ1) is 20.2. The zero-order valence-electron chi connectivity index (χ0n) is 23.6. The van der Waals surface area contributed by atoms with Crippen LogP contribution < -0.4 is 30.9 Å². The number of nitrogens with two attached hydrogens (primary N) is 1. The number of likely N-dealkylation sites (N-methyl/N-ethyl adjacent to an activating group) is 1. The van der Waals surface area contributed by atoms with Gasteiger partial charge in [0.05, 0.1) is 43.2 Å². The standard InChI is InChI=1S/C32H32BrN5O4/c1-19(35-2)30(39)36-26-18-38(31(40)23-8-4-5-9-25(23)34)28-11-7-6-10-27(28)37(32(26)41)17-24-22-14-13-21(33)16-20(22)12-15-29(24)42-3/h4-16,19,26,35H,17-18,34H2,1-3H3,(H,36,39)/t19-,26-/m0/s1. The number of hydrogen-bond donors (Lipinski definition) is 3. The second-order valence-electron chi connectivity index (χ2n) is 10.1. The van der Waals surface area contributed by atoms with E-state index in [0.29, 0.717) is 28.4 Å². The Morgan fingerprint density at radius 1 is 1.05 bits per heavy atom. The van der Waals surface area contributed by atoms with Crippen molar-refractivity contribution in [2.24, 2.45) is 0 Å². The molecule has 42 heavy (non-hydrogen) atoms. The van der Waals surface area contributed by atoms with Crippen LogP contribution in [-0.2, 0) is 16.1 Å².